The summed E-state index contributed by atoms with van der Waals surface area (Å²) in [4.78, 5) is 19.0. The summed E-state index contributed by atoms with van der Waals surface area (Å²) in [5, 5.41) is 4.71. The maximum atomic E-state index is 13.0. The fourth-order valence-electron chi connectivity index (χ4n) is 3.28. The number of carbonyl (C=O) groups is 1. The first-order valence-electron chi connectivity index (χ1n) is 9.26. The Morgan fingerprint density at radius 2 is 2.00 bits per heavy atom. The molecule has 0 aliphatic carbocycles. The number of para-hydroxylation sites is 2. The van der Waals surface area contributed by atoms with Crippen LogP contribution in [0.2, 0.25) is 5.02 Å². The van der Waals surface area contributed by atoms with Crippen LogP contribution >= 0.6 is 11.6 Å². The van der Waals surface area contributed by atoms with Crippen LogP contribution in [-0.4, -0.2) is 51.9 Å². The number of aromatic nitrogens is 3. The summed E-state index contributed by atoms with van der Waals surface area (Å²) in [6.45, 7) is 4.54. The molecule has 1 atom stereocenters. The second-order valence-electron chi connectivity index (χ2n) is 7.02. The van der Waals surface area contributed by atoms with E-state index in [2.05, 4.69) is 10.1 Å². The third kappa shape index (κ3) is 3.91. The SMILES string of the molecule is Cc1cc(C)n(-c2ccc(Cl)c(C(=O)N(C)CC3COc4ccccc4O3)n2)n1. The molecule has 29 heavy (non-hydrogen) atoms. The second kappa shape index (κ2) is 7.75. The van der Waals surface area contributed by atoms with Crippen molar-refractivity contribution >= 4 is 17.5 Å². The normalized spacial score (nSPS) is 15.2. The summed E-state index contributed by atoms with van der Waals surface area (Å²) >= 11 is 6.28. The molecule has 1 aromatic carbocycles. The van der Waals surface area contributed by atoms with Crippen LogP contribution in [0.15, 0.2) is 42.5 Å². The van der Waals surface area contributed by atoms with Gasteiger partial charge < -0.3 is 14.4 Å². The Morgan fingerprint density at radius 3 is 2.72 bits per heavy atom. The van der Waals surface area contributed by atoms with Crippen LogP contribution in [0.1, 0.15) is 21.9 Å². The number of nitrogens with zero attached hydrogens (tertiary/aromatic N) is 4. The van der Waals surface area contributed by atoms with Gasteiger partial charge in [-0.1, -0.05) is 23.7 Å². The predicted molar refractivity (Wildman–Crippen MR) is 109 cm³/mol. The van der Waals surface area contributed by atoms with E-state index >= 15 is 0 Å². The molecule has 0 radical (unpaired) electrons. The maximum absolute atomic E-state index is 13.0. The zero-order valence-corrected chi connectivity index (χ0v) is 17.2. The number of aryl methyl sites for hydroxylation is 2. The molecule has 2 aromatic heterocycles. The lowest BCUT2D eigenvalue weighted by Crippen LogP contribution is -2.42. The van der Waals surface area contributed by atoms with Gasteiger partial charge in [-0.3, -0.25) is 4.79 Å². The van der Waals surface area contributed by atoms with Crippen LogP contribution < -0.4 is 9.47 Å². The summed E-state index contributed by atoms with van der Waals surface area (Å²) < 4.78 is 13.4. The van der Waals surface area contributed by atoms with Gasteiger partial charge in [0.05, 0.1) is 17.3 Å². The van der Waals surface area contributed by atoms with E-state index in [0.29, 0.717) is 35.5 Å². The van der Waals surface area contributed by atoms with E-state index in [1.54, 1.807) is 28.8 Å². The van der Waals surface area contributed by atoms with Gasteiger partial charge in [0.1, 0.15) is 12.3 Å². The Hall–Kier alpha value is -3.06. The Balaban J connectivity index is 1.52. The van der Waals surface area contributed by atoms with Gasteiger partial charge in [0.15, 0.2) is 23.4 Å². The highest BCUT2D eigenvalue weighted by Crippen LogP contribution is 2.31. The molecule has 150 valence electrons. The van der Waals surface area contributed by atoms with Gasteiger partial charge in [0.25, 0.3) is 5.91 Å². The molecule has 1 aliphatic heterocycles. The highest BCUT2D eigenvalue weighted by Gasteiger charge is 2.26. The zero-order valence-electron chi connectivity index (χ0n) is 16.4. The van der Waals surface area contributed by atoms with Crippen molar-refractivity contribution in [3.63, 3.8) is 0 Å². The molecule has 3 heterocycles. The van der Waals surface area contributed by atoms with Crippen LogP contribution in [-0.2, 0) is 0 Å². The molecule has 0 saturated heterocycles. The summed E-state index contributed by atoms with van der Waals surface area (Å²) in [6.07, 6.45) is -0.281. The number of ether oxygens (including phenoxy) is 2. The molecular formula is C21H21ClN4O3. The molecule has 7 nitrogen and oxygen atoms in total. The third-order valence-electron chi connectivity index (χ3n) is 4.65. The average Bonchev–Trinajstić information content (AvgIpc) is 3.05. The average molecular weight is 413 g/mol. The van der Waals surface area contributed by atoms with E-state index in [-0.39, 0.29) is 17.7 Å². The standard InChI is InChI=1S/C21H21ClN4O3/c1-13-10-14(2)26(24-13)19-9-8-16(22)20(23-19)21(27)25(3)11-15-12-28-17-6-4-5-7-18(17)29-15/h4-10,15H,11-12H2,1-3H3. The largest absolute Gasteiger partial charge is 0.486 e. The third-order valence-corrected chi connectivity index (χ3v) is 4.96. The van der Waals surface area contributed by atoms with Crippen LogP contribution in [0.5, 0.6) is 11.5 Å². The minimum Gasteiger partial charge on any atom is -0.486 e. The number of likely N-dealkylation sites (N-methyl/N-ethyl adjacent to an activating group) is 1. The van der Waals surface area contributed by atoms with Crippen LogP contribution in [0.3, 0.4) is 0 Å². The number of fused-ring (bicyclic) bond motifs is 1. The molecule has 8 heteroatoms. The van der Waals surface area contributed by atoms with Crippen molar-refractivity contribution in [1.82, 2.24) is 19.7 Å². The molecule has 1 unspecified atom stereocenters. The summed E-state index contributed by atoms with van der Waals surface area (Å²) in [5.74, 6) is 1.64. The van der Waals surface area contributed by atoms with Crippen molar-refractivity contribution in [2.45, 2.75) is 20.0 Å². The smallest absolute Gasteiger partial charge is 0.273 e. The molecule has 1 amide bonds. The number of amides is 1. The molecular weight excluding hydrogens is 392 g/mol. The monoisotopic (exact) mass is 412 g/mol. The van der Waals surface area contributed by atoms with Crippen LogP contribution in [0, 0.1) is 13.8 Å². The van der Waals surface area contributed by atoms with Gasteiger partial charge in [-0.2, -0.15) is 5.10 Å². The highest BCUT2D eigenvalue weighted by molar-refractivity contribution is 6.33. The Kier molecular flexibility index (Phi) is 5.15. The Morgan fingerprint density at radius 1 is 1.24 bits per heavy atom. The molecule has 0 N–H and O–H groups in total. The number of pyridine rings is 1. The first-order valence-corrected chi connectivity index (χ1v) is 9.64. The van der Waals surface area contributed by atoms with Gasteiger partial charge in [0.2, 0.25) is 0 Å². The maximum Gasteiger partial charge on any atom is 0.273 e. The van der Waals surface area contributed by atoms with Crippen molar-refractivity contribution in [3.05, 3.63) is 64.6 Å². The number of rotatable bonds is 4. The minimum absolute atomic E-state index is 0.177. The van der Waals surface area contributed by atoms with E-state index < -0.39 is 0 Å². The summed E-state index contributed by atoms with van der Waals surface area (Å²) in [5.41, 5.74) is 1.98. The first kappa shape index (κ1) is 19.3. The first-order chi connectivity index (χ1) is 13.9. The van der Waals surface area contributed by atoms with Gasteiger partial charge in [-0.15, -0.1) is 0 Å². The highest BCUT2D eigenvalue weighted by atomic mass is 35.5. The van der Waals surface area contributed by atoms with E-state index in [9.17, 15) is 4.79 Å². The van der Waals surface area contributed by atoms with E-state index in [1.165, 1.54) is 0 Å². The number of halogens is 1. The van der Waals surface area contributed by atoms with Crippen LogP contribution in [0.25, 0.3) is 5.82 Å². The Labute approximate surface area is 173 Å². The van der Waals surface area contributed by atoms with E-state index in [0.717, 1.165) is 11.4 Å². The second-order valence-corrected chi connectivity index (χ2v) is 7.43. The molecule has 4 rings (SSSR count). The lowest BCUT2D eigenvalue weighted by molar-refractivity contribution is 0.0517. The molecule has 3 aromatic rings. The van der Waals surface area contributed by atoms with Gasteiger partial charge in [-0.05, 0) is 44.2 Å². The lowest BCUT2D eigenvalue weighted by atomic mass is 10.2. The lowest BCUT2D eigenvalue weighted by Gasteiger charge is -2.29. The Bertz CT molecular complexity index is 1070. The van der Waals surface area contributed by atoms with E-state index in [1.807, 2.05) is 44.2 Å². The van der Waals surface area contributed by atoms with Crippen molar-refractivity contribution in [2.24, 2.45) is 0 Å². The summed E-state index contributed by atoms with van der Waals surface area (Å²) in [6, 6.07) is 12.8. The van der Waals surface area contributed by atoms with Crippen molar-refractivity contribution in [2.75, 3.05) is 20.2 Å². The van der Waals surface area contributed by atoms with Gasteiger partial charge in [0, 0.05) is 12.7 Å². The quantitative estimate of drug-likeness (QED) is 0.656. The molecule has 0 fully saturated rings. The van der Waals surface area contributed by atoms with Crippen molar-refractivity contribution < 1.29 is 14.3 Å². The predicted octanol–water partition coefficient (Wildman–Crippen LogP) is 3.45. The molecule has 0 saturated carbocycles. The van der Waals surface area contributed by atoms with Gasteiger partial charge >= 0.3 is 0 Å². The fourth-order valence-corrected chi connectivity index (χ4v) is 3.47. The topological polar surface area (TPSA) is 69.5 Å². The van der Waals surface area contributed by atoms with Crippen LogP contribution in [0.4, 0.5) is 0 Å². The minimum atomic E-state index is -0.291. The molecule has 1 aliphatic rings. The number of carbonyl (C=O) groups excluding carboxylic acids is 1. The van der Waals surface area contributed by atoms with Crippen molar-refractivity contribution in [3.8, 4) is 17.3 Å². The zero-order chi connectivity index (χ0) is 20.5. The van der Waals surface area contributed by atoms with Crippen molar-refractivity contribution in [1.29, 1.82) is 0 Å². The fraction of sp³-hybridized carbons (Fsp3) is 0.286. The van der Waals surface area contributed by atoms with E-state index in [4.69, 9.17) is 21.1 Å². The number of hydrogen-bond acceptors (Lipinski definition) is 5. The number of benzene rings is 1. The summed E-state index contributed by atoms with van der Waals surface area (Å²) in [7, 11) is 1.69. The number of hydrogen-bond donors (Lipinski definition) is 0. The van der Waals surface area contributed by atoms with Gasteiger partial charge in [-0.25, -0.2) is 9.67 Å². The molecule has 0 spiro atoms. The molecule has 0 bridgehead atoms.